The molecule has 0 atom stereocenters. The number of nitriles is 1. The predicted molar refractivity (Wildman–Crippen MR) is 108 cm³/mol. The summed E-state index contributed by atoms with van der Waals surface area (Å²) < 4.78 is 3.72. The van der Waals surface area contributed by atoms with Crippen LogP contribution in [0.1, 0.15) is 25.8 Å². The van der Waals surface area contributed by atoms with E-state index >= 15 is 0 Å². The number of nitrogens with one attached hydrogen (secondary N) is 1. The maximum Gasteiger partial charge on any atom is 0.328 e. The average Bonchev–Trinajstić information content (AvgIpc) is 2.83. The van der Waals surface area contributed by atoms with Gasteiger partial charge in [0.1, 0.15) is 16.2 Å². The highest BCUT2D eigenvalue weighted by Gasteiger charge is 2.17. The van der Waals surface area contributed by atoms with Crippen molar-refractivity contribution in [3.63, 3.8) is 0 Å². The molecular weight excluding hydrogens is 410 g/mol. The van der Waals surface area contributed by atoms with Gasteiger partial charge in [-0.3, -0.25) is 9.13 Å². The second kappa shape index (κ2) is 7.18. The van der Waals surface area contributed by atoms with E-state index in [0.717, 1.165) is 16.7 Å². The number of aromatic nitrogens is 3. The van der Waals surface area contributed by atoms with Gasteiger partial charge in [-0.15, -0.1) is 0 Å². The quantitative estimate of drug-likeness (QED) is 0.606. The number of benzene rings is 1. The van der Waals surface area contributed by atoms with Crippen LogP contribution in [0.2, 0.25) is 0 Å². The molecule has 3 rings (SSSR count). The topological polar surface area (TPSA) is 95.9 Å². The number of aryl methyl sites for hydroxylation is 2. The van der Waals surface area contributed by atoms with Gasteiger partial charge >= 0.3 is 5.69 Å². The van der Waals surface area contributed by atoms with Crippen LogP contribution in [-0.2, 0) is 13.6 Å². The molecule has 3 aromatic rings. The van der Waals surface area contributed by atoms with Crippen LogP contribution in [0.3, 0.4) is 0 Å². The number of hydrogen-bond donors (Lipinski definition) is 2. The Bertz CT molecular complexity index is 1100. The number of anilines is 2. The molecule has 0 spiro atoms. The Morgan fingerprint density at radius 3 is 2.74 bits per heavy atom. The fraction of sp³-hybridized carbons (Fsp3) is 0.316. The van der Waals surface area contributed by atoms with Gasteiger partial charge in [-0.1, -0.05) is 0 Å². The van der Waals surface area contributed by atoms with Crippen LogP contribution in [-0.4, -0.2) is 24.8 Å². The molecule has 140 valence electrons. The van der Waals surface area contributed by atoms with Crippen molar-refractivity contribution in [3.05, 3.63) is 51.1 Å². The molecule has 0 aliphatic heterocycles. The summed E-state index contributed by atoms with van der Waals surface area (Å²) in [6.45, 7) is 3.86. The second-order valence-corrected chi connectivity index (χ2v) is 7.77. The highest BCUT2D eigenvalue weighted by atomic mass is 79.9. The maximum atomic E-state index is 12.6. The lowest BCUT2D eigenvalue weighted by Gasteiger charge is -2.17. The molecule has 0 aliphatic rings. The predicted octanol–water partition coefficient (Wildman–Crippen LogP) is 3.27. The van der Waals surface area contributed by atoms with Gasteiger partial charge in [-0.2, -0.15) is 5.26 Å². The molecule has 8 heteroatoms. The van der Waals surface area contributed by atoms with Gasteiger partial charge in [-0.05, 0) is 60.5 Å². The van der Waals surface area contributed by atoms with E-state index in [1.165, 1.54) is 0 Å². The van der Waals surface area contributed by atoms with Crippen molar-refractivity contribution in [2.75, 3.05) is 5.32 Å². The largest absolute Gasteiger partial charge is 0.390 e. The van der Waals surface area contributed by atoms with E-state index in [0.29, 0.717) is 28.8 Å². The summed E-state index contributed by atoms with van der Waals surface area (Å²) in [5, 5.41) is 22.6. The van der Waals surface area contributed by atoms with Crippen LogP contribution in [0.4, 0.5) is 11.4 Å². The SMILES string of the molecule is Cn1c(=O)n(CCC(C)(C)O)c2cc(Nc3ccnc(Br)c3C#N)ccc21. The first-order valence-electron chi connectivity index (χ1n) is 8.44. The van der Waals surface area contributed by atoms with Gasteiger partial charge in [0.25, 0.3) is 0 Å². The van der Waals surface area contributed by atoms with Crippen LogP contribution in [0.25, 0.3) is 11.0 Å². The third-order valence-corrected chi connectivity index (χ3v) is 4.99. The van der Waals surface area contributed by atoms with E-state index in [-0.39, 0.29) is 5.69 Å². The molecule has 0 bridgehead atoms. The van der Waals surface area contributed by atoms with Crippen molar-refractivity contribution in [2.24, 2.45) is 7.05 Å². The van der Waals surface area contributed by atoms with Gasteiger partial charge in [0.2, 0.25) is 0 Å². The zero-order valence-electron chi connectivity index (χ0n) is 15.3. The zero-order valence-corrected chi connectivity index (χ0v) is 16.9. The molecule has 27 heavy (non-hydrogen) atoms. The van der Waals surface area contributed by atoms with Crippen molar-refractivity contribution in [1.29, 1.82) is 5.26 Å². The lowest BCUT2D eigenvalue weighted by atomic mass is 10.1. The average molecular weight is 430 g/mol. The van der Waals surface area contributed by atoms with Crippen LogP contribution < -0.4 is 11.0 Å². The third-order valence-electron chi connectivity index (χ3n) is 4.39. The summed E-state index contributed by atoms with van der Waals surface area (Å²) in [7, 11) is 1.73. The minimum absolute atomic E-state index is 0.129. The van der Waals surface area contributed by atoms with Gasteiger partial charge in [0, 0.05) is 25.5 Å². The van der Waals surface area contributed by atoms with Crippen molar-refractivity contribution in [2.45, 2.75) is 32.4 Å². The fourth-order valence-corrected chi connectivity index (χ4v) is 3.31. The summed E-state index contributed by atoms with van der Waals surface area (Å²) >= 11 is 3.28. The normalized spacial score (nSPS) is 11.6. The zero-order chi connectivity index (χ0) is 19.8. The molecule has 2 aromatic heterocycles. The van der Waals surface area contributed by atoms with Crippen LogP contribution in [0.5, 0.6) is 0 Å². The van der Waals surface area contributed by atoms with E-state index in [1.807, 2.05) is 18.2 Å². The highest BCUT2D eigenvalue weighted by Crippen LogP contribution is 2.27. The van der Waals surface area contributed by atoms with Gasteiger partial charge in [-0.25, -0.2) is 9.78 Å². The van der Waals surface area contributed by atoms with Crippen molar-refractivity contribution in [3.8, 4) is 6.07 Å². The monoisotopic (exact) mass is 429 g/mol. The number of aliphatic hydroxyl groups is 1. The molecule has 0 unspecified atom stereocenters. The van der Waals surface area contributed by atoms with Crippen LogP contribution in [0, 0.1) is 11.3 Å². The van der Waals surface area contributed by atoms with Gasteiger partial charge in [0.15, 0.2) is 0 Å². The molecule has 0 radical (unpaired) electrons. The molecule has 2 N–H and O–H groups in total. The van der Waals surface area contributed by atoms with Crippen LogP contribution in [0.15, 0.2) is 39.9 Å². The summed E-state index contributed by atoms with van der Waals surface area (Å²) in [4.78, 5) is 16.6. The number of hydrogen-bond acceptors (Lipinski definition) is 5. The minimum atomic E-state index is -0.859. The first-order valence-corrected chi connectivity index (χ1v) is 9.24. The number of fused-ring (bicyclic) bond motifs is 1. The molecule has 2 heterocycles. The van der Waals surface area contributed by atoms with Crippen molar-refractivity contribution >= 4 is 38.3 Å². The first kappa shape index (κ1) is 19.1. The Labute approximate surface area is 165 Å². The van der Waals surface area contributed by atoms with E-state index in [2.05, 4.69) is 32.3 Å². The molecule has 0 amide bonds. The van der Waals surface area contributed by atoms with Gasteiger partial charge in [0.05, 0.1) is 22.3 Å². The molecule has 7 nitrogen and oxygen atoms in total. The number of imidazole rings is 1. The van der Waals surface area contributed by atoms with E-state index in [1.54, 1.807) is 42.3 Å². The van der Waals surface area contributed by atoms with Gasteiger partial charge < -0.3 is 10.4 Å². The molecular formula is C19H20BrN5O2. The minimum Gasteiger partial charge on any atom is -0.390 e. The van der Waals surface area contributed by atoms with Crippen molar-refractivity contribution in [1.82, 2.24) is 14.1 Å². The summed E-state index contributed by atoms with van der Waals surface area (Å²) in [6, 6.07) is 9.44. The molecule has 0 aliphatic carbocycles. The Morgan fingerprint density at radius 1 is 1.33 bits per heavy atom. The number of pyridine rings is 1. The van der Waals surface area contributed by atoms with Crippen molar-refractivity contribution < 1.29 is 5.11 Å². The Balaban J connectivity index is 2.04. The Hall–Kier alpha value is -2.63. The lowest BCUT2D eigenvalue weighted by molar-refractivity contribution is 0.0662. The first-order chi connectivity index (χ1) is 12.7. The lowest BCUT2D eigenvalue weighted by Crippen LogP contribution is -2.27. The molecule has 0 fully saturated rings. The van der Waals surface area contributed by atoms with E-state index in [4.69, 9.17) is 0 Å². The number of rotatable bonds is 5. The standard InChI is InChI=1S/C19H20BrN5O2/c1-19(2,27)7-9-25-16-10-12(4-5-15(16)24(3)18(25)26)23-14-6-8-22-17(20)13(14)11-21/h4-6,8,10,27H,7,9H2,1-3H3,(H,22,23). The fourth-order valence-electron chi connectivity index (χ4n) is 2.89. The summed E-state index contributed by atoms with van der Waals surface area (Å²) in [5.41, 5.74) is 2.37. The molecule has 0 saturated heterocycles. The molecule has 1 aromatic carbocycles. The smallest absolute Gasteiger partial charge is 0.328 e. The highest BCUT2D eigenvalue weighted by molar-refractivity contribution is 9.10. The number of nitrogens with zero attached hydrogens (tertiary/aromatic N) is 4. The Morgan fingerprint density at radius 2 is 2.07 bits per heavy atom. The maximum absolute atomic E-state index is 12.6. The summed E-state index contributed by atoms with van der Waals surface area (Å²) in [6.07, 6.45) is 2.06. The van der Waals surface area contributed by atoms with Crippen LogP contribution >= 0.6 is 15.9 Å². The third kappa shape index (κ3) is 3.89. The second-order valence-electron chi connectivity index (χ2n) is 7.02. The molecule has 0 saturated carbocycles. The summed E-state index contributed by atoms with van der Waals surface area (Å²) in [5.74, 6) is 0. The number of halogens is 1. The van der Waals surface area contributed by atoms with E-state index < -0.39 is 5.60 Å². The van der Waals surface area contributed by atoms with E-state index in [9.17, 15) is 15.2 Å². The Kier molecular flexibility index (Phi) is 5.09.